The van der Waals surface area contributed by atoms with E-state index in [0.717, 1.165) is 5.76 Å². The maximum atomic E-state index is 12.7. The Bertz CT molecular complexity index is 840. The number of halogens is 1. The van der Waals surface area contributed by atoms with E-state index in [4.69, 9.17) is 16.0 Å². The standard InChI is InChI=1S/C16H16ClN5O2/c1-11-3-8-14(24-11)10-22(15-9-18-20-21(15)2)16(23)19-13-6-4-12(17)5-7-13/h3-9H,10H2,1-2H3,(H,19,23). The van der Waals surface area contributed by atoms with Gasteiger partial charge in [-0.2, -0.15) is 0 Å². The second-order valence-electron chi connectivity index (χ2n) is 5.25. The maximum Gasteiger partial charge on any atom is 0.327 e. The van der Waals surface area contributed by atoms with E-state index in [1.54, 1.807) is 31.3 Å². The summed E-state index contributed by atoms with van der Waals surface area (Å²) >= 11 is 5.87. The zero-order valence-electron chi connectivity index (χ0n) is 13.2. The molecule has 0 fully saturated rings. The van der Waals surface area contributed by atoms with Crippen LogP contribution in [-0.2, 0) is 13.6 Å². The van der Waals surface area contributed by atoms with Gasteiger partial charge in [-0.25, -0.2) is 9.48 Å². The summed E-state index contributed by atoms with van der Waals surface area (Å²) < 4.78 is 7.10. The molecule has 2 heterocycles. The fourth-order valence-corrected chi connectivity index (χ4v) is 2.36. The summed E-state index contributed by atoms with van der Waals surface area (Å²) in [6.45, 7) is 2.11. The van der Waals surface area contributed by atoms with Gasteiger partial charge in [0.1, 0.15) is 11.5 Å². The number of carbonyl (C=O) groups is 1. The number of hydrogen-bond donors (Lipinski definition) is 1. The topological polar surface area (TPSA) is 76.2 Å². The lowest BCUT2D eigenvalue weighted by molar-refractivity contribution is 0.255. The van der Waals surface area contributed by atoms with Gasteiger partial charge in [0.15, 0.2) is 5.82 Å². The van der Waals surface area contributed by atoms with Crippen LogP contribution in [0, 0.1) is 6.92 Å². The van der Waals surface area contributed by atoms with E-state index in [0.29, 0.717) is 22.3 Å². The molecule has 8 heteroatoms. The van der Waals surface area contributed by atoms with Gasteiger partial charge in [-0.3, -0.25) is 4.90 Å². The summed E-state index contributed by atoms with van der Waals surface area (Å²) in [5, 5.41) is 11.1. The highest BCUT2D eigenvalue weighted by atomic mass is 35.5. The summed E-state index contributed by atoms with van der Waals surface area (Å²) in [5.74, 6) is 2.00. The largest absolute Gasteiger partial charge is 0.464 e. The number of nitrogens with one attached hydrogen (secondary N) is 1. The molecule has 2 amide bonds. The molecule has 0 bridgehead atoms. The lowest BCUT2D eigenvalue weighted by Gasteiger charge is -2.21. The minimum absolute atomic E-state index is 0.258. The van der Waals surface area contributed by atoms with Crippen molar-refractivity contribution >= 4 is 29.1 Å². The molecule has 0 unspecified atom stereocenters. The van der Waals surface area contributed by atoms with Gasteiger partial charge in [-0.15, -0.1) is 5.10 Å². The maximum absolute atomic E-state index is 12.7. The molecule has 1 N–H and O–H groups in total. The van der Waals surface area contributed by atoms with Gasteiger partial charge in [0, 0.05) is 17.8 Å². The minimum atomic E-state index is -0.322. The van der Waals surface area contributed by atoms with Gasteiger partial charge in [0.2, 0.25) is 0 Å². The van der Waals surface area contributed by atoms with Crippen molar-refractivity contribution in [3.63, 3.8) is 0 Å². The Hall–Kier alpha value is -2.80. The van der Waals surface area contributed by atoms with Crippen LogP contribution in [0.4, 0.5) is 16.3 Å². The third kappa shape index (κ3) is 3.57. The van der Waals surface area contributed by atoms with Crippen LogP contribution < -0.4 is 10.2 Å². The number of furan rings is 1. The number of aromatic nitrogens is 3. The summed E-state index contributed by atoms with van der Waals surface area (Å²) in [4.78, 5) is 14.2. The number of benzene rings is 1. The molecule has 2 aromatic heterocycles. The van der Waals surface area contributed by atoms with Crippen LogP contribution >= 0.6 is 11.6 Å². The second kappa shape index (κ2) is 6.76. The van der Waals surface area contributed by atoms with Crippen LogP contribution in [0.3, 0.4) is 0 Å². The van der Waals surface area contributed by atoms with Crippen molar-refractivity contribution in [2.24, 2.45) is 7.05 Å². The quantitative estimate of drug-likeness (QED) is 0.783. The van der Waals surface area contributed by atoms with Gasteiger partial charge in [0.05, 0.1) is 12.7 Å². The van der Waals surface area contributed by atoms with E-state index in [9.17, 15) is 4.79 Å². The van der Waals surface area contributed by atoms with Gasteiger partial charge in [-0.05, 0) is 43.3 Å². The average Bonchev–Trinajstić information content (AvgIpc) is 3.15. The van der Waals surface area contributed by atoms with E-state index < -0.39 is 0 Å². The van der Waals surface area contributed by atoms with Gasteiger partial charge >= 0.3 is 6.03 Å². The van der Waals surface area contributed by atoms with Crippen LogP contribution in [0.1, 0.15) is 11.5 Å². The Labute approximate surface area is 143 Å². The van der Waals surface area contributed by atoms with E-state index in [1.165, 1.54) is 15.8 Å². The molecule has 0 aliphatic heterocycles. The van der Waals surface area contributed by atoms with Crippen LogP contribution in [0.2, 0.25) is 5.02 Å². The lowest BCUT2D eigenvalue weighted by atomic mass is 10.3. The molecule has 3 aromatic rings. The fraction of sp³-hybridized carbons (Fsp3) is 0.188. The monoisotopic (exact) mass is 345 g/mol. The SMILES string of the molecule is Cc1ccc(CN(C(=O)Nc2ccc(Cl)cc2)c2cnnn2C)o1. The fourth-order valence-electron chi connectivity index (χ4n) is 2.24. The molecule has 124 valence electrons. The highest BCUT2D eigenvalue weighted by Gasteiger charge is 2.21. The molecule has 0 radical (unpaired) electrons. The smallest absolute Gasteiger partial charge is 0.327 e. The first-order valence-electron chi connectivity index (χ1n) is 7.27. The molecule has 0 aliphatic carbocycles. The second-order valence-corrected chi connectivity index (χ2v) is 5.69. The minimum Gasteiger partial charge on any atom is -0.464 e. The molecular weight excluding hydrogens is 330 g/mol. The number of amides is 2. The predicted molar refractivity (Wildman–Crippen MR) is 91.1 cm³/mol. The Kier molecular flexibility index (Phi) is 4.52. The molecule has 0 spiro atoms. The number of rotatable bonds is 4. The van der Waals surface area contributed by atoms with Crippen molar-refractivity contribution < 1.29 is 9.21 Å². The highest BCUT2D eigenvalue weighted by molar-refractivity contribution is 6.30. The molecule has 7 nitrogen and oxygen atoms in total. The van der Waals surface area contributed by atoms with Crippen molar-refractivity contribution in [1.29, 1.82) is 0 Å². The van der Waals surface area contributed by atoms with Crippen molar-refractivity contribution in [2.75, 3.05) is 10.2 Å². The van der Waals surface area contributed by atoms with Crippen molar-refractivity contribution in [2.45, 2.75) is 13.5 Å². The first kappa shape index (κ1) is 16.1. The summed E-state index contributed by atoms with van der Waals surface area (Å²) in [6.07, 6.45) is 1.53. The number of hydrogen-bond acceptors (Lipinski definition) is 4. The van der Waals surface area contributed by atoms with Crippen LogP contribution in [-0.4, -0.2) is 21.0 Å². The van der Waals surface area contributed by atoms with E-state index in [-0.39, 0.29) is 12.6 Å². The van der Waals surface area contributed by atoms with E-state index in [1.807, 2.05) is 19.1 Å². The Balaban J connectivity index is 1.84. The number of anilines is 2. The molecule has 1 aromatic carbocycles. The highest BCUT2D eigenvalue weighted by Crippen LogP contribution is 2.19. The first-order chi connectivity index (χ1) is 11.5. The Morgan fingerprint density at radius 2 is 2.04 bits per heavy atom. The predicted octanol–water partition coefficient (Wildman–Crippen LogP) is 3.61. The molecule has 0 saturated heterocycles. The van der Waals surface area contributed by atoms with Crippen molar-refractivity contribution in [3.8, 4) is 0 Å². The average molecular weight is 346 g/mol. The summed E-state index contributed by atoms with van der Waals surface area (Å²) in [6, 6.07) is 10.3. The van der Waals surface area contributed by atoms with Gasteiger partial charge in [0.25, 0.3) is 0 Å². The van der Waals surface area contributed by atoms with E-state index in [2.05, 4.69) is 15.6 Å². The number of aryl methyl sites for hydroxylation is 2. The van der Waals surface area contributed by atoms with Crippen molar-refractivity contribution in [3.05, 3.63) is 59.1 Å². The van der Waals surface area contributed by atoms with Crippen LogP contribution in [0.25, 0.3) is 0 Å². The molecule has 24 heavy (non-hydrogen) atoms. The third-order valence-corrected chi connectivity index (χ3v) is 3.67. The normalized spacial score (nSPS) is 10.6. The van der Waals surface area contributed by atoms with Gasteiger partial charge < -0.3 is 9.73 Å². The van der Waals surface area contributed by atoms with Crippen LogP contribution in [0.5, 0.6) is 0 Å². The Morgan fingerprint density at radius 3 is 2.62 bits per heavy atom. The third-order valence-electron chi connectivity index (χ3n) is 3.42. The zero-order valence-corrected chi connectivity index (χ0v) is 14.0. The molecular formula is C16H16ClN5O2. The Morgan fingerprint density at radius 1 is 1.29 bits per heavy atom. The molecule has 0 atom stereocenters. The first-order valence-corrected chi connectivity index (χ1v) is 7.65. The lowest BCUT2D eigenvalue weighted by Crippen LogP contribution is -2.35. The summed E-state index contributed by atoms with van der Waals surface area (Å²) in [7, 11) is 1.72. The zero-order chi connectivity index (χ0) is 17.1. The van der Waals surface area contributed by atoms with Gasteiger partial charge in [-0.1, -0.05) is 16.8 Å². The molecule has 0 saturated carbocycles. The molecule has 3 rings (SSSR count). The molecule has 0 aliphatic rings. The van der Waals surface area contributed by atoms with Crippen LogP contribution in [0.15, 0.2) is 47.0 Å². The number of urea groups is 1. The van der Waals surface area contributed by atoms with E-state index >= 15 is 0 Å². The number of nitrogens with zero attached hydrogens (tertiary/aromatic N) is 4. The summed E-state index contributed by atoms with van der Waals surface area (Å²) in [5.41, 5.74) is 0.639. The van der Waals surface area contributed by atoms with Crippen molar-refractivity contribution in [1.82, 2.24) is 15.0 Å². The number of carbonyl (C=O) groups excluding carboxylic acids is 1.